The van der Waals surface area contributed by atoms with Gasteiger partial charge in [-0.1, -0.05) is 165 Å². The normalized spacial score (nSPS) is 12.2. The molecule has 10 aromatic rings. The van der Waals surface area contributed by atoms with Gasteiger partial charge < -0.3 is 13.9 Å². The topological polar surface area (TPSA) is 35.9 Å². The van der Waals surface area contributed by atoms with Crippen molar-refractivity contribution in [3.63, 3.8) is 0 Å². The zero-order valence-electron chi connectivity index (χ0n) is 39.1. The van der Waals surface area contributed by atoms with E-state index in [9.17, 15) is 0 Å². The summed E-state index contributed by atoms with van der Waals surface area (Å²) in [5.74, 6) is 2.00. The van der Waals surface area contributed by atoms with E-state index in [4.69, 9.17) is 9.72 Å². The van der Waals surface area contributed by atoms with E-state index in [2.05, 4.69) is 234 Å². The summed E-state index contributed by atoms with van der Waals surface area (Å²) in [7, 11) is 0. The van der Waals surface area contributed by atoms with Crippen LogP contribution in [0.15, 0.2) is 164 Å². The van der Waals surface area contributed by atoms with Crippen molar-refractivity contribution < 1.29 is 30.4 Å². The molecule has 0 aliphatic carbocycles. The molecule has 10 rings (SSSR count). The Kier molecular flexibility index (Phi) is 11.5. The minimum absolute atomic E-state index is 0. The zero-order chi connectivity index (χ0) is 45.3. The van der Waals surface area contributed by atoms with E-state index in [1.165, 1.54) is 22.3 Å². The second-order valence-corrected chi connectivity index (χ2v) is 20.3. The number of aromatic nitrogens is 4. The van der Waals surface area contributed by atoms with Gasteiger partial charge in [0, 0.05) is 44.3 Å². The number of hydrogen-bond acceptors (Lipinski definition) is 2. The number of imidazole rings is 1. The first kappa shape index (κ1) is 44.6. The first-order valence-electron chi connectivity index (χ1n) is 22.5. The maximum Gasteiger partial charge on any atom is 0.268 e. The molecule has 0 aliphatic heterocycles. The minimum atomic E-state index is -0.0525. The van der Waals surface area contributed by atoms with E-state index in [0.717, 1.165) is 66.7 Å². The number of benzene rings is 7. The van der Waals surface area contributed by atoms with E-state index in [-0.39, 0.29) is 37.3 Å². The van der Waals surface area contributed by atoms with Crippen LogP contribution in [0, 0.1) is 18.5 Å². The molecule has 6 heteroatoms. The SMILES string of the molecule is CC(C)(C)c1cc(-[n+]2[c-]n(-c3[c-]c(Oc4[c-]c5c(cc4)c4cc(-c6ccccc6)ccc4n5-c4cc(C(C)(C)C)ccn4)ccc3)c3cccc(-c4ccccc4)c32)cc(C(C)(C)C)c1.[Pt]. The molecule has 0 radical (unpaired) electrons. The number of nitrogens with zero attached hydrogens (tertiary/aromatic N) is 4. The van der Waals surface area contributed by atoms with E-state index >= 15 is 0 Å². The summed E-state index contributed by atoms with van der Waals surface area (Å²) in [5, 5.41) is 2.20. The molecule has 7 aromatic carbocycles. The molecule has 332 valence electrons. The number of ether oxygens (including phenoxy) is 1. The predicted molar refractivity (Wildman–Crippen MR) is 267 cm³/mol. The van der Waals surface area contributed by atoms with Crippen LogP contribution in [0.1, 0.15) is 79.0 Å². The van der Waals surface area contributed by atoms with Crippen LogP contribution in [0.3, 0.4) is 0 Å². The third-order valence-corrected chi connectivity index (χ3v) is 12.5. The molecule has 0 amide bonds. The number of hydrogen-bond donors (Lipinski definition) is 0. The molecule has 0 spiro atoms. The van der Waals surface area contributed by atoms with E-state index in [1.54, 1.807) is 0 Å². The maximum atomic E-state index is 6.73. The molecule has 0 aliphatic rings. The third-order valence-electron chi connectivity index (χ3n) is 12.5. The standard InChI is InChI=1S/C60H54N4O.Pt/c1-58(2,3)43-30-31-61-56(36-43)64-53-29-26-42(40-18-12-10-13-19-40)32-52(53)51-28-27-49(38-55(51)64)65-48-23-16-22-46(37-48)62-39-63(47-34-44(59(4,5)6)33-45(35-47)60(7,8)9)57-50(24-17-25-54(57)62)41-20-14-11-15-21-41;/h10-36H,1-9H3;/q-2;. The van der Waals surface area contributed by atoms with Crippen LogP contribution in [0.4, 0.5) is 0 Å². The van der Waals surface area contributed by atoms with Crippen molar-refractivity contribution >= 4 is 32.8 Å². The second-order valence-electron chi connectivity index (χ2n) is 20.3. The molecule has 0 fully saturated rings. The van der Waals surface area contributed by atoms with Gasteiger partial charge in [0.05, 0.1) is 16.7 Å². The van der Waals surface area contributed by atoms with Gasteiger partial charge in [-0.3, -0.25) is 4.57 Å². The summed E-state index contributed by atoms with van der Waals surface area (Å²) >= 11 is 0. The number of pyridine rings is 1. The van der Waals surface area contributed by atoms with Gasteiger partial charge in [0.1, 0.15) is 5.82 Å². The fraction of sp³-hybridized carbons (Fsp3) is 0.200. The summed E-state index contributed by atoms with van der Waals surface area (Å²) in [6.45, 7) is 20.4. The van der Waals surface area contributed by atoms with Crippen molar-refractivity contribution in [2.45, 2.75) is 78.6 Å². The van der Waals surface area contributed by atoms with Gasteiger partial charge in [-0.25, -0.2) is 4.98 Å². The Bertz CT molecular complexity index is 3370. The van der Waals surface area contributed by atoms with Crippen LogP contribution in [0.5, 0.6) is 11.5 Å². The molecule has 3 aromatic heterocycles. The molecule has 0 atom stereocenters. The van der Waals surface area contributed by atoms with E-state index < -0.39 is 0 Å². The van der Waals surface area contributed by atoms with Gasteiger partial charge in [0.25, 0.3) is 6.33 Å². The quantitative estimate of drug-likeness (QED) is 0.118. The Balaban J connectivity index is 0.00000548. The predicted octanol–water partition coefficient (Wildman–Crippen LogP) is 14.8. The van der Waals surface area contributed by atoms with Crippen molar-refractivity contribution in [1.82, 2.24) is 14.1 Å². The monoisotopic (exact) mass is 1040 g/mol. The smallest absolute Gasteiger partial charge is 0.268 e. The average molecular weight is 1040 g/mol. The van der Waals surface area contributed by atoms with Gasteiger partial charge in [-0.15, -0.1) is 29.7 Å². The molecule has 0 saturated carbocycles. The molecule has 5 nitrogen and oxygen atoms in total. The van der Waals surface area contributed by atoms with Gasteiger partial charge in [0.2, 0.25) is 0 Å². The summed E-state index contributed by atoms with van der Waals surface area (Å²) in [4.78, 5) is 4.93. The Morgan fingerprint density at radius 3 is 1.85 bits per heavy atom. The summed E-state index contributed by atoms with van der Waals surface area (Å²) in [6.07, 6.45) is 5.71. The van der Waals surface area contributed by atoms with Crippen LogP contribution in [0.2, 0.25) is 0 Å². The van der Waals surface area contributed by atoms with Crippen molar-refractivity contribution in [1.29, 1.82) is 0 Å². The molecule has 0 unspecified atom stereocenters. The molecule has 3 heterocycles. The van der Waals surface area contributed by atoms with E-state index in [0.29, 0.717) is 11.5 Å². The molecular formula is C60H54N4OPt-2. The summed E-state index contributed by atoms with van der Waals surface area (Å²) < 4.78 is 13.3. The Morgan fingerprint density at radius 1 is 0.515 bits per heavy atom. The van der Waals surface area contributed by atoms with Crippen molar-refractivity contribution in [3.8, 4) is 50.9 Å². The maximum absolute atomic E-state index is 6.73. The molecule has 0 saturated heterocycles. The number of para-hydroxylation sites is 1. The van der Waals surface area contributed by atoms with Gasteiger partial charge >= 0.3 is 0 Å². The van der Waals surface area contributed by atoms with Crippen molar-refractivity contribution in [2.24, 2.45) is 0 Å². The summed E-state index contributed by atoms with van der Waals surface area (Å²) in [5.41, 5.74) is 14.1. The van der Waals surface area contributed by atoms with Crippen molar-refractivity contribution in [3.05, 3.63) is 199 Å². The van der Waals surface area contributed by atoms with Crippen LogP contribution < -0.4 is 9.30 Å². The first-order valence-corrected chi connectivity index (χ1v) is 22.5. The van der Waals surface area contributed by atoms with Crippen LogP contribution in [0.25, 0.3) is 72.3 Å². The van der Waals surface area contributed by atoms with Gasteiger partial charge in [0.15, 0.2) is 0 Å². The zero-order valence-corrected chi connectivity index (χ0v) is 41.4. The molecule has 0 N–H and O–H groups in total. The Labute approximate surface area is 403 Å². The average Bonchev–Trinajstić information content (AvgIpc) is 3.85. The third kappa shape index (κ3) is 8.42. The Hall–Kier alpha value is -6.55. The first-order chi connectivity index (χ1) is 31.1. The number of fused-ring (bicyclic) bond motifs is 4. The fourth-order valence-corrected chi connectivity index (χ4v) is 8.76. The van der Waals surface area contributed by atoms with E-state index in [1.807, 2.05) is 24.4 Å². The fourth-order valence-electron chi connectivity index (χ4n) is 8.76. The van der Waals surface area contributed by atoms with Crippen LogP contribution in [-0.4, -0.2) is 14.1 Å². The van der Waals surface area contributed by atoms with Gasteiger partial charge in [-0.05, 0) is 96.6 Å². The van der Waals surface area contributed by atoms with Crippen LogP contribution in [-0.2, 0) is 37.3 Å². The Morgan fingerprint density at radius 2 is 1.17 bits per heavy atom. The van der Waals surface area contributed by atoms with Crippen LogP contribution >= 0.6 is 0 Å². The van der Waals surface area contributed by atoms with Crippen molar-refractivity contribution in [2.75, 3.05) is 0 Å². The second kappa shape index (κ2) is 17.0. The number of rotatable bonds is 7. The summed E-state index contributed by atoms with van der Waals surface area (Å²) in [6, 6.07) is 63.1. The largest absolute Gasteiger partial charge is 0.510 e. The molecule has 66 heavy (non-hydrogen) atoms. The van der Waals surface area contributed by atoms with Gasteiger partial charge in [-0.2, -0.15) is 18.2 Å². The minimum Gasteiger partial charge on any atom is -0.510 e. The molecule has 0 bridgehead atoms. The molecular weight excluding hydrogens is 988 g/mol.